The van der Waals surface area contributed by atoms with Crippen LogP contribution in [0.25, 0.3) is 0 Å². The van der Waals surface area contributed by atoms with Crippen LogP contribution in [-0.4, -0.2) is 32.9 Å². The van der Waals surface area contributed by atoms with Crippen molar-refractivity contribution in [3.8, 4) is 0 Å². The highest BCUT2D eigenvalue weighted by Gasteiger charge is 2.11. The molecule has 0 fully saturated rings. The second-order valence-electron chi connectivity index (χ2n) is 3.82. The smallest absolute Gasteiger partial charge is 0.252 e. The number of hydrogen-bond acceptors (Lipinski definition) is 3. The van der Waals surface area contributed by atoms with Crippen LogP contribution in [0.3, 0.4) is 0 Å². The van der Waals surface area contributed by atoms with E-state index < -0.39 is 9.84 Å². The van der Waals surface area contributed by atoms with Crippen LogP contribution in [0.4, 0.5) is 0 Å². The van der Waals surface area contributed by atoms with Gasteiger partial charge in [0.2, 0.25) is 0 Å². The van der Waals surface area contributed by atoms with E-state index in [2.05, 4.69) is 21.2 Å². The van der Waals surface area contributed by atoms with E-state index in [1.54, 1.807) is 12.1 Å². The number of rotatable bonds is 4. The third-order valence-electron chi connectivity index (χ3n) is 2.19. The summed E-state index contributed by atoms with van der Waals surface area (Å²) in [7, 11) is -3.05. The predicted octanol–water partition coefficient (Wildman–Crippen LogP) is 1.53. The first kappa shape index (κ1) is 14.2. The van der Waals surface area contributed by atoms with Gasteiger partial charge in [-0.1, -0.05) is 12.1 Å². The maximum absolute atomic E-state index is 11.8. The van der Waals surface area contributed by atoms with Crippen molar-refractivity contribution in [3.63, 3.8) is 0 Å². The lowest BCUT2D eigenvalue weighted by molar-refractivity contribution is 0.0955. The molecule has 17 heavy (non-hydrogen) atoms. The van der Waals surface area contributed by atoms with Crippen LogP contribution in [-0.2, 0) is 9.84 Å². The minimum absolute atomic E-state index is 0.0534. The molecule has 0 bridgehead atoms. The average molecular weight is 320 g/mol. The van der Waals surface area contributed by atoms with Gasteiger partial charge in [-0.25, -0.2) is 8.42 Å². The first-order valence-corrected chi connectivity index (χ1v) is 7.87. The molecule has 1 N–H and O–H groups in total. The Kier molecular flexibility index (Phi) is 4.70. The number of aryl methyl sites for hydroxylation is 1. The standard InChI is InChI=1S/C11H14BrNO3S/c1-8-4-3-5-9(10(8)12)11(14)13-6-7-17(2,15)16/h3-5H,6-7H2,1-2H3,(H,13,14). The van der Waals surface area contributed by atoms with Gasteiger partial charge in [0, 0.05) is 17.3 Å². The van der Waals surface area contributed by atoms with Crippen molar-refractivity contribution in [1.29, 1.82) is 0 Å². The largest absolute Gasteiger partial charge is 0.351 e. The molecule has 1 aromatic rings. The molecule has 6 heteroatoms. The predicted molar refractivity (Wildman–Crippen MR) is 70.9 cm³/mol. The van der Waals surface area contributed by atoms with Crippen LogP contribution < -0.4 is 5.32 Å². The van der Waals surface area contributed by atoms with E-state index in [0.29, 0.717) is 5.56 Å². The monoisotopic (exact) mass is 319 g/mol. The van der Waals surface area contributed by atoms with Crippen LogP contribution in [0.5, 0.6) is 0 Å². The van der Waals surface area contributed by atoms with Gasteiger partial charge in [0.25, 0.3) is 5.91 Å². The Morgan fingerprint density at radius 3 is 2.65 bits per heavy atom. The molecule has 0 radical (unpaired) electrons. The first-order chi connectivity index (χ1) is 7.81. The van der Waals surface area contributed by atoms with Crippen LogP contribution in [0.15, 0.2) is 22.7 Å². The molecule has 0 saturated heterocycles. The summed E-state index contributed by atoms with van der Waals surface area (Å²) in [6.45, 7) is 2.01. The molecule has 0 aromatic heterocycles. The number of carbonyl (C=O) groups is 1. The third-order valence-corrected chi connectivity index (χ3v) is 4.19. The van der Waals surface area contributed by atoms with E-state index in [4.69, 9.17) is 0 Å². The molecule has 1 amide bonds. The zero-order valence-corrected chi connectivity index (χ0v) is 12.1. The minimum Gasteiger partial charge on any atom is -0.351 e. The van der Waals surface area contributed by atoms with E-state index in [1.807, 2.05) is 13.0 Å². The summed E-state index contributed by atoms with van der Waals surface area (Å²) in [5, 5.41) is 2.58. The molecule has 1 rings (SSSR count). The van der Waals surface area contributed by atoms with E-state index in [-0.39, 0.29) is 18.2 Å². The molecule has 94 valence electrons. The molecule has 0 spiro atoms. The maximum atomic E-state index is 11.8. The van der Waals surface area contributed by atoms with Crippen LogP contribution >= 0.6 is 15.9 Å². The zero-order chi connectivity index (χ0) is 13.1. The highest BCUT2D eigenvalue weighted by atomic mass is 79.9. The van der Waals surface area contributed by atoms with Crippen molar-refractivity contribution < 1.29 is 13.2 Å². The fourth-order valence-electron chi connectivity index (χ4n) is 1.27. The molecule has 0 unspecified atom stereocenters. The lowest BCUT2D eigenvalue weighted by Crippen LogP contribution is -2.29. The molecule has 0 saturated carbocycles. The number of amides is 1. The lowest BCUT2D eigenvalue weighted by Gasteiger charge is -2.07. The molecule has 0 aliphatic carbocycles. The molecule has 0 heterocycles. The number of benzene rings is 1. The van der Waals surface area contributed by atoms with Gasteiger partial charge in [0.1, 0.15) is 9.84 Å². The summed E-state index contributed by atoms with van der Waals surface area (Å²) in [6.07, 6.45) is 1.14. The number of carbonyl (C=O) groups excluding carboxylic acids is 1. The fraction of sp³-hybridized carbons (Fsp3) is 0.364. The van der Waals surface area contributed by atoms with Gasteiger partial charge < -0.3 is 5.32 Å². The van der Waals surface area contributed by atoms with Gasteiger partial charge in [-0.2, -0.15) is 0 Å². The van der Waals surface area contributed by atoms with Gasteiger partial charge in [0.15, 0.2) is 0 Å². The normalized spacial score (nSPS) is 11.2. The second kappa shape index (κ2) is 5.64. The second-order valence-corrected chi connectivity index (χ2v) is 6.87. The van der Waals surface area contributed by atoms with Crippen LogP contribution in [0.2, 0.25) is 0 Å². The van der Waals surface area contributed by atoms with Gasteiger partial charge in [-0.3, -0.25) is 4.79 Å². The van der Waals surface area contributed by atoms with Crippen molar-refractivity contribution >= 4 is 31.7 Å². The molecule has 0 aliphatic heterocycles. The SMILES string of the molecule is Cc1cccc(C(=O)NCCS(C)(=O)=O)c1Br. The van der Waals surface area contributed by atoms with Crippen molar-refractivity contribution in [2.24, 2.45) is 0 Å². The summed E-state index contributed by atoms with van der Waals surface area (Å²) in [6, 6.07) is 5.36. The van der Waals surface area contributed by atoms with Gasteiger partial charge in [-0.15, -0.1) is 0 Å². The molecular formula is C11H14BrNO3S. The summed E-state index contributed by atoms with van der Waals surface area (Å²) < 4.78 is 22.6. The Balaban J connectivity index is 2.68. The molecule has 1 aromatic carbocycles. The third kappa shape index (κ3) is 4.47. The topological polar surface area (TPSA) is 63.2 Å². The van der Waals surface area contributed by atoms with Gasteiger partial charge in [0.05, 0.1) is 11.3 Å². The minimum atomic E-state index is -3.05. The first-order valence-electron chi connectivity index (χ1n) is 5.02. The number of halogens is 1. The van der Waals surface area contributed by atoms with Crippen molar-refractivity contribution in [2.45, 2.75) is 6.92 Å². The van der Waals surface area contributed by atoms with E-state index >= 15 is 0 Å². The molecule has 0 atom stereocenters. The average Bonchev–Trinajstić information content (AvgIpc) is 2.20. The Morgan fingerprint density at radius 1 is 1.41 bits per heavy atom. The van der Waals surface area contributed by atoms with E-state index in [1.165, 1.54) is 0 Å². The van der Waals surface area contributed by atoms with Crippen LogP contribution in [0.1, 0.15) is 15.9 Å². The van der Waals surface area contributed by atoms with Crippen molar-refractivity contribution in [1.82, 2.24) is 5.32 Å². The summed E-state index contributed by atoms with van der Waals surface area (Å²) in [5.74, 6) is -0.327. The summed E-state index contributed by atoms with van der Waals surface area (Å²) >= 11 is 3.33. The quantitative estimate of drug-likeness (QED) is 0.915. The number of sulfone groups is 1. The Morgan fingerprint density at radius 2 is 2.06 bits per heavy atom. The maximum Gasteiger partial charge on any atom is 0.252 e. The Bertz CT molecular complexity index is 526. The van der Waals surface area contributed by atoms with E-state index in [9.17, 15) is 13.2 Å². The Hall–Kier alpha value is -0.880. The molecule has 0 aliphatic rings. The lowest BCUT2D eigenvalue weighted by atomic mass is 10.1. The summed E-state index contributed by atoms with van der Waals surface area (Å²) in [5.41, 5.74) is 1.47. The van der Waals surface area contributed by atoms with E-state index in [0.717, 1.165) is 16.3 Å². The highest BCUT2D eigenvalue weighted by Crippen LogP contribution is 2.20. The molecular weight excluding hydrogens is 306 g/mol. The van der Waals surface area contributed by atoms with Crippen molar-refractivity contribution in [2.75, 3.05) is 18.6 Å². The fourth-order valence-corrected chi connectivity index (χ4v) is 2.19. The number of nitrogens with one attached hydrogen (secondary N) is 1. The van der Waals surface area contributed by atoms with Crippen molar-refractivity contribution in [3.05, 3.63) is 33.8 Å². The van der Waals surface area contributed by atoms with Gasteiger partial charge in [-0.05, 0) is 34.5 Å². The molecule has 4 nitrogen and oxygen atoms in total. The summed E-state index contributed by atoms with van der Waals surface area (Å²) in [4.78, 5) is 11.8. The Labute approximate surface area is 109 Å². The van der Waals surface area contributed by atoms with Gasteiger partial charge >= 0.3 is 0 Å². The number of hydrogen-bond donors (Lipinski definition) is 1. The van der Waals surface area contributed by atoms with Crippen LogP contribution in [0, 0.1) is 6.92 Å². The zero-order valence-electron chi connectivity index (χ0n) is 9.66. The highest BCUT2D eigenvalue weighted by molar-refractivity contribution is 9.10.